The van der Waals surface area contributed by atoms with E-state index in [0.717, 1.165) is 19.3 Å². The first-order valence-corrected chi connectivity index (χ1v) is 7.37. The van der Waals surface area contributed by atoms with Crippen molar-refractivity contribution in [2.24, 2.45) is 11.8 Å². The molecule has 0 saturated heterocycles. The van der Waals surface area contributed by atoms with E-state index in [1.165, 1.54) is 12.8 Å². The molecule has 0 N–H and O–H groups in total. The van der Waals surface area contributed by atoms with Crippen LogP contribution in [0.15, 0.2) is 13.2 Å². The van der Waals surface area contributed by atoms with Gasteiger partial charge in [0.05, 0.1) is 6.61 Å². The topological polar surface area (TPSA) is 43.4 Å². The molecule has 0 spiro atoms. The third-order valence-corrected chi connectivity index (χ3v) is 3.60. The van der Waals surface area contributed by atoms with Crippen molar-refractivity contribution in [3.8, 4) is 0 Å². The number of rotatable bonds is 7. The van der Waals surface area contributed by atoms with Gasteiger partial charge in [0.15, 0.2) is 0 Å². The Kier molecular flexibility index (Phi) is 10.1. The molecule has 19 heavy (non-hydrogen) atoms. The van der Waals surface area contributed by atoms with Crippen molar-refractivity contribution >= 4 is 11.8 Å². The van der Waals surface area contributed by atoms with Gasteiger partial charge in [-0.15, -0.1) is 13.2 Å². The van der Waals surface area contributed by atoms with Crippen LogP contribution in [0.3, 0.4) is 0 Å². The Morgan fingerprint density at radius 3 is 2.58 bits per heavy atom. The minimum absolute atomic E-state index is 0.117. The normalized spacial score (nSPS) is 21.7. The van der Waals surface area contributed by atoms with Crippen LogP contribution in [0.2, 0.25) is 0 Å². The maximum atomic E-state index is 11.8. The predicted octanol–water partition coefficient (Wildman–Crippen LogP) is 3.92. The van der Waals surface area contributed by atoms with Gasteiger partial charge >= 0.3 is 5.97 Å². The highest BCUT2D eigenvalue weighted by atomic mass is 16.5. The number of ketones is 1. The van der Waals surface area contributed by atoms with Crippen molar-refractivity contribution in [1.82, 2.24) is 0 Å². The van der Waals surface area contributed by atoms with Gasteiger partial charge in [0.1, 0.15) is 5.78 Å². The Balaban J connectivity index is 0.00000154. The summed E-state index contributed by atoms with van der Waals surface area (Å²) in [6, 6.07) is 0. The summed E-state index contributed by atoms with van der Waals surface area (Å²) >= 11 is 0. The van der Waals surface area contributed by atoms with E-state index in [0.29, 0.717) is 25.2 Å². The molecule has 1 saturated carbocycles. The fraction of sp³-hybridized carbons (Fsp3) is 0.750. The molecule has 3 nitrogen and oxygen atoms in total. The summed E-state index contributed by atoms with van der Waals surface area (Å²) in [5, 5.41) is 0. The van der Waals surface area contributed by atoms with Gasteiger partial charge in [0.2, 0.25) is 0 Å². The molecule has 110 valence electrons. The van der Waals surface area contributed by atoms with Gasteiger partial charge < -0.3 is 4.74 Å². The van der Waals surface area contributed by atoms with Gasteiger partial charge in [-0.25, -0.2) is 0 Å². The summed E-state index contributed by atoms with van der Waals surface area (Å²) in [4.78, 5) is 23.2. The molecule has 0 bridgehead atoms. The summed E-state index contributed by atoms with van der Waals surface area (Å²) in [6.07, 6.45) is 6.36. The van der Waals surface area contributed by atoms with Crippen molar-refractivity contribution in [1.29, 1.82) is 0 Å². The SMILES string of the molecule is C=C.CCCCCC1C(=O)CCC1CC(=O)OCC. The third-order valence-electron chi connectivity index (χ3n) is 3.60. The second-order valence-corrected chi connectivity index (χ2v) is 4.88. The van der Waals surface area contributed by atoms with Crippen molar-refractivity contribution in [2.75, 3.05) is 6.61 Å². The number of esters is 1. The fourth-order valence-corrected chi connectivity index (χ4v) is 2.67. The third kappa shape index (κ3) is 6.55. The summed E-state index contributed by atoms with van der Waals surface area (Å²) in [5.74, 6) is 0.562. The molecule has 2 unspecified atom stereocenters. The molecule has 0 aromatic heterocycles. The zero-order valence-corrected chi connectivity index (χ0v) is 12.5. The maximum absolute atomic E-state index is 11.8. The largest absolute Gasteiger partial charge is 0.466 e. The van der Waals surface area contributed by atoms with Crippen LogP contribution in [0.5, 0.6) is 0 Å². The minimum Gasteiger partial charge on any atom is -0.466 e. The first-order chi connectivity index (χ1) is 9.19. The van der Waals surface area contributed by atoms with Gasteiger partial charge in [-0.05, 0) is 25.7 Å². The second kappa shape index (κ2) is 10.8. The number of ether oxygens (including phenoxy) is 1. The number of unbranched alkanes of at least 4 members (excludes halogenated alkanes) is 2. The zero-order valence-electron chi connectivity index (χ0n) is 12.5. The molecule has 0 aromatic carbocycles. The van der Waals surface area contributed by atoms with Gasteiger partial charge in [-0.2, -0.15) is 0 Å². The number of hydrogen-bond donors (Lipinski definition) is 0. The van der Waals surface area contributed by atoms with E-state index >= 15 is 0 Å². The Morgan fingerprint density at radius 1 is 1.32 bits per heavy atom. The van der Waals surface area contributed by atoms with Crippen LogP contribution in [0.1, 0.15) is 58.8 Å². The lowest BCUT2D eigenvalue weighted by Crippen LogP contribution is -2.19. The molecule has 3 heteroatoms. The van der Waals surface area contributed by atoms with Crippen LogP contribution in [0.4, 0.5) is 0 Å². The monoisotopic (exact) mass is 268 g/mol. The van der Waals surface area contributed by atoms with Crippen LogP contribution >= 0.6 is 0 Å². The average Bonchev–Trinajstić information content (AvgIpc) is 2.74. The molecule has 0 aromatic rings. The summed E-state index contributed by atoms with van der Waals surface area (Å²) < 4.78 is 4.96. The summed E-state index contributed by atoms with van der Waals surface area (Å²) in [5.41, 5.74) is 0. The lowest BCUT2D eigenvalue weighted by Gasteiger charge is -2.17. The van der Waals surface area contributed by atoms with Crippen LogP contribution in [-0.2, 0) is 14.3 Å². The predicted molar refractivity (Wildman–Crippen MR) is 77.9 cm³/mol. The van der Waals surface area contributed by atoms with Gasteiger partial charge in [0, 0.05) is 18.8 Å². The van der Waals surface area contributed by atoms with Gasteiger partial charge in [0.25, 0.3) is 0 Å². The smallest absolute Gasteiger partial charge is 0.306 e. The number of Topliss-reactive ketones (excluding diaryl/α,β-unsaturated/α-hetero) is 1. The highest BCUT2D eigenvalue weighted by Crippen LogP contribution is 2.35. The van der Waals surface area contributed by atoms with E-state index in [9.17, 15) is 9.59 Å². The molecule has 1 rings (SSSR count). The van der Waals surface area contributed by atoms with Crippen LogP contribution in [0, 0.1) is 11.8 Å². The lowest BCUT2D eigenvalue weighted by atomic mass is 9.88. The molecule has 1 aliphatic carbocycles. The molecule has 0 heterocycles. The van der Waals surface area contributed by atoms with Gasteiger partial charge in [-0.3, -0.25) is 9.59 Å². The number of hydrogen-bond acceptors (Lipinski definition) is 3. The van der Waals surface area contributed by atoms with Crippen molar-refractivity contribution in [2.45, 2.75) is 58.8 Å². The highest BCUT2D eigenvalue weighted by Gasteiger charge is 2.35. The summed E-state index contributed by atoms with van der Waals surface area (Å²) in [7, 11) is 0. The Hall–Kier alpha value is -1.12. The average molecular weight is 268 g/mol. The zero-order chi connectivity index (χ0) is 14.7. The van der Waals surface area contributed by atoms with Crippen molar-refractivity contribution < 1.29 is 14.3 Å². The van der Waals surface area contributed by atoms with Crippen LogP contribution in [0.25, 0.3) is 0 Å². The van der Waals surface area contributed by atoms with E-state index in [1.54, 1.807) is 0 Å². The molecule has 0 amide bonds. The minimum atomic E-state index is -0.146. The van der Waals surface area contributed by atoms with E-state index in [4.69, 9.17) is 4.74 Å². The molecule has 1 aliphatic rings. The number of carbonyl (C=O) groups is 2. The summed E-state index contributed by atoms with van der Waals surface area (Å²) in [6.45, 7) is 10.4. The molecule has 1 fully saturated rings. The Labute approximate surface area is 117 Å². The van der Waals surface area contributed by atoms with Crippen molar-refractivity contribution in [3.63, 3.8) is 0 Å². The maximum Gasteiger partial charge on any atom is 0.306 e. The lowest BCUT2D eigenvalue weighted by molar-refractivity contribution is -0.144. The Bertz CT molecular complexity index is 273. The van der Waals surface area contributed by atoms with E-state index in [1.807, 2.05) is 6.92 Å². The fourth-order valence-electron chi connectivity index (χ4n) is 2.67. The van der Waals surface area contributed by atoms with Crippen LogP contribution < -0.4 is 0 Å². The highest BCUT2D eigenvalue weighted by molar-refractivity contribution is 5.84. The molecule has 2 atom stereocenters. The van der Waals surface area contributed by atoms with E-state index < -0.39 is 0 Å². The van der Waals surface area contributed by atoms with Crippen molar-refractivity contribution in [3.05, 3.63) is 13.2 Å². The Morgan fingerprint density at radius 2 is 2.00 bits per heavy atom. The molecule has 0 aliphatic heterocycles. The second-order valence-electron chi connectivity index (χ2n) is 4.88. The molecular formula is C16H28O3. The van der Waals surface area contributed by atoms with Crippen LogP contribution in [-0.4, -0.2) is 18.4 Å². The van der Waals surface area contributed by atoms with E-state index in [-0.39, 0.29) is 17.8 Å². The van der Waals surface area contributed by atoms with Gasteiger partial charge in [-0.1, -0.05) is 26.2 Å². The number of carbonyl (C=O) groups excluding carboxylic acids is 2. The first kappa shape index (κ1) is 17.9. The standard InChI is InChI=1S/C14H24O3.C2H4/c1-3-5-6-7-12-11(8-9-13(12)15)10-14(16)17-4-2;1-2/h11-12H,3-10H2,1-2H3;1-2H2. The molecule has 0 radical (unpaired) electrons. The molecular weight excluding hydrogens is 240 g/mol. The van der Waals surface area contributed by atoms with E-state index in [2.05, 4.69) is 20.1 Å². The first-order valence-electron chi connectivity index (χ1n) is 7.37. The quantitative estimate of drug-likeness (QED) is 0.399.